The number of nitrogens with two attached hydrogens (primary N) is 1. The van der Waals surface area contributed by atoms with Crippen molar-refractivity contribution in [2.75, 3.05) is 5.73 Å². The molecule has 2 aromatic rings. The molecule has 0 saturated heterocycles. The van der Waals surface area contributed by atoms with Crippen molar-refractivity contribution in [2.45, 2.75) is 23.5 Å². The third-order valence-corrected chi connectivity index (χ3v) is 3.94. The van der Waals surface area contributed by atoms with Crippen LogP contribution in [0.15, 0.2) is 59.5 Å². The highest BCUT2D eigenvalue weighted by Gasteiger charge is 2.21. The standard InChI is InChI=1S/C15H17NS/c1-15(2,12-7-4-3-5-8-12)17-14-10-6-9-13(16)11-14/h3-11H,16H2,1-2H3. The molecule has 0 aliphatic heterocycles. The van der Waals surface area contributed by atoms with Crippen LogP contribution >= 0.6 is 11.8 Å². The Bertz CT molecular complexity index is 491. The Hall–Kier alpha value is -1.41. The Kier molecular flexibility index (Phi) is 3.43. The van der Waals surface area contributed by atoms with Crippen LogP contribution in [-0.2, 0) is 4.75 Å². The average Bonchev–Trinajstić information content (AvgIpc) is 2.29. The van der Waals surface area contributed by atoms with Crippen LogP contribution < -0.4 is 5.73 Å². The van der Waals surface area contributed by atoms with E-state index in [1.54, 1.807) is 0 Å². The Morgan fingerprint density at radius 3 is 2.29 bits per heavy atom. The first kappa shape index (κ1) is 12.1. The highest BCUT2D eigenvalue weighted by atomic mass is 32.2. The van der Waals surface area contributed by atoms with Crippen molar-refractivity contribution >= 4 is 17.4 Å². The van der Waals surface area contributed by atoms with Crippen molar-refractivity contribution in [1.29, 1.82) is 0 Å². The van der Waals surface area contributed by atoms with Crippen molar-refractivity contribution in [3.05, 3.63) is 60.2 Å². The summed E-state index contributed by atoms with van der Waals surface area (Å²) in [5, 5.41) is 0. The fourth-order valence-electron chi connectivity index (χ4n) is 1.77. The summed E-state index contributed by atoms with van der Waals surface area (Å²) in [6.45, 7) is 4.46. The van der Waals surface area contributed by atoms with Gasteiger partial charge in [0.15, 0.2) is 0 Å². The normalized spacial score (nSPS) is 11.4. The lowest BCUT2D eigenvalue weighted by atomic mass is 10.0. The largest absolute Gasteiger partial charge is 0.399 e. The van der Waals surface area contributed by atoms with E-state index in [1.165, 1.54) is 10.5 Å². The van der Waals surface area contributed by atoms with Crippen LogP contribution in [0, 0.1) is 0 Å². The fraction of sp³-hybridized carbons (Fsp3) is 0.200. The number of nitrogen functional groups attached to an aromatic ring is 1. The van der Waals surface area contributed by atoms with Crippen molar-refractivity contribution < 1.29 is 0 Å². The molecule has 0 aliphatic rings. The van der Waals surface area contributed by atoms with Crippen molar-refractivity contribution in [1.82, 2.24) is 0 Å². The van der Waals surface area contributed by atoms with Crippen LogP contribution in [0.1, 0.15) is 19.4 Å². The third kappa shape index (κ3) is 3.04. The molecular weight excluding hydrogens is 226 g/mol. The van der Waals surface area contributed by atoms with Crippen molar-refractivity contribution in [3.8, 4) is 0 Å². The Balaban J connectivity index is 2.23. The van der Waals surface area contributed by atoms with E-state index >= 15 is 0 Å². The van der Waals surface area contributed by atoms with Gasteiger partial charge in [-0.2, -0.15) is 0 Å². The minimum absolute atomic E-state index is 0.0506. The van der Waals surface area contributed by atoms with Gasteiger partial charge in [-0.25, -0.2) is 0 Å². The van der Waals surface area contributed by atoms with Gasteiger partial charge in [0.1, 0.15) is 0 Å². The Morgan fingerprint density at radius 2 is 1.65 bits per heavy atom. The van der Waals surface area contributed by atoms with Crippen LogP contribution in [0.5, 0.6) is 0 Å². The van der Waals surface area contributed by atoms with Crippen LogP contribution in [-0.4, -0.2) is 0 Å². The van der Waals surface area contributed by atoms with Crippen LogP contribution in [0.3, 0.4) is 0 Å². The summed E-state index contributed by atoms with van der Waals surface area (Å²) < 4.78 is 0.0506. The molecule has 0 saturated carbocycles. The summed E-state index contributed by atoms with van der Waals surface area (Å²) in [6, 6.07) is 18.6. The maximum Gasteiger partial charge on any atom is 0.0399 e. The van der Waals surface area contributed by atoms with E-state index in [4.69, 9.17) is 5.73 Å². The summed E-state index contributed by atoms with van der Waals surface area (Å²) in [6.07, 6.45) is 0. The second kappa shape index (κ2) is 4.84. The maximum atomic E-state index is 5.80. The van der Waals surface area contributed by atoms with Gasteiger partial charge in [-0.1, -0.05) is 36.4 Å². The molecule has 0 spiro atoms. The van der Waals surface area contributed by atoms with Crippen molar-refractivity contribution in [2.24, 2.45) is 0 Å². The minimum Gasteiger partial charge on any atom is -0.399 e. The van der Waals surface area contributed by atoms with Gasteiger partial charge in [0.05, 0.1) is 0 Å². The first-order chi connectivity index (χ1) is 8.08. The molecule has 0 bridgehead atoms. The molecule has 0 aliphatic carbocycles. The predicted octanol–water partition coefficient (Wildman–Crippen LogP) is 4.30. The summed E-state index contributed by atoms with van der Waals surface area (Å²) in [5.74, 6) is 0. The molecule has 2 rings (SSSR count). The molecule has 0 unspecified atom stereocenters. The molecular formula is C15H17NS. The van der Waals surface area contributed by atoms with E-state index in [0.717, 1.165) is 5.69 Å². The highest BCUT2D eigenvalue weighted by molar-refractivity contribution is 8.00. The lowest BCUT2D eigenvalue weighted by Gasteiger charge is -2.24. The van der Waals surface area contributed by atoms with Gasteiger partial charge in [0.2, 0.25) is 0 Å². The molecule has 0 atom stereocenters. The summed E-state index contributed by atoms with van der Waals surface area (Å²) in [4.78, 5) is 1.21. The number of hydrogen-bond donors (Lipinski definition) is 1. The SMILES string of the molecule is CC(C)(Sc1cccc(N)c1)c1ccccc1. The molecule has 0 aromatic heterocycles. The second-order valence-corrected chi connectivity index (χ2v) is 6.25. The first-order valence-corrected chi connectivity index (χ1v) is 6.50. The number of anilines is 1. The molecule has 0 amide bonds. The summed E-state index contributed by atoms with van der Waals surface area (Å²) in [5.41, 5.74) is 7.95. The molecule has 2 N–H and O–H groups in total. The number of rotatable bonds is 3. The van der Waals surface area contributed by atoms with E-state index in [0.29, 0.717) is 0 Å². The van der Waals surface area contributed by atoms with E-state index in [1.807, 2.05) is 36.0 Å². The molecule has 0 radical (unpaired) electrons. The monoisotopic (exact) mass is 243 g/mol. The zero-order valence-electron chi connectivity index (χ0n) is 10.2. The zero-order valence-corrected chi connectivity index (χ0v) is 11.0. The van der Waals surface area contributed by atoms with Gasteiger partial charge in [-0.05, 0) is 37.6 Å². The number of benzene rings is 2. The lowest BCUT2D eigenvalue weighted by Crippen LogP contribution is -2.11. The molecule has 17 heavy (non-hydrogen) atoms. The molecule has 88 valence electrons. The van der Waals surface area contributed by atoms with Gasteiger partial charge in [-0.15, -0.1) is 11.8 Å². The van der Waals surface area contributed by atoms with Gasteiger partial charge in [-0.3, -0.25) is 0 Å². The molecule has 0 heterocycles. The predicted molar refractivity (Wildman–Crippen MR) is 76.2 cm³/mol. The van der Waals surface area contributed by atoms with E-state index in [-0.39, 0.29) is 4.75 Å². The maximum absolute atomic E-state index is 5.80. The summed E-state index contributed by atoms with van der Waals surface area (Å²) in [7, 11) is 0. The Labute approximate surface area is 107 Å². The van der Waals surface area contributed by atoms with E-state index in [9.17, 15) is 0 Å². The van der Waals surface area contributed by atoms with Gasteiger partial charge < -0.3 is 5.73 Å². The summed E-state index contributed by atoms with van der Waals surface area (Å²) >= 11 is 1.83. The second-order valence-electron chi connectivity index (χ2n) is 4.55. The number of hydrogen-bond acceptors (Lipinski definition) is 2. The van der Waals surface area contributed by atoms with Crippen LogP contribution in [0.4, 0.5) is 5.69 Å². The Morgan fingerprint density at radius 1 is 0.941 bits per heavy atom. The average molecular weight is 243 g/mol. The smallest absolute Gasteiger partial charge is 0.0399 e. The highest BCUT2D eigenvalue weighted by Crippen LogP contribution is 2.40. The van der Waals surface area contributed by atoms with Crippen molar-refractivity contribution in [3.63, 3.8) is 0 Å². The molecule has 2 aromatic carbocycles. The zero-order chi connectivity index (χ0) is 12.3. The van der Waals surface area contributed by atoms with Crippen LogP contribution in [0.2, 0.25) is 0 Å². The van der Waals surface area contributed by atoms with Gasteiger partial charge >= 0.3 is 0 Å². The van der Waals surface area contributed by atoms with E-state index < -0.39 is 0 Å². The first-order valence-electron chi connectivity index (χ1n) is 5.68. The van der Waals surface area contributed by atoms with E-state index in [2.05, 4.69) is 44.2 Å². The quantitative estimate of drug-likeness (QED) is 0.642. The number of thioether (sulfide) groups is 1. The molecule has 1 nitrogen and oxygen atoms in total. The van der Waals surface area contributed by atoms with Crippen LogP contribution in [0.25, 0.3) is 0 Å². The molecule has 0 fully saturated rings. The van der Waals surface area contributed by atoms with Gasteiger partial charge in [0.25, 0.3) is 0 Å². The van der Waals surface area contributed by atoms with Gasteiger partial charge in [0, 0.05) is 15.3 Å². The third-order valence-electron chi connectivity index (χ3n) is 2.70. The topological polar surface area (TPSA) is 26.0 Å². The fourth-order valence-corrected chi connectivity index (χ4v) is 2.96. The lowest BCUT2D eigenvalue weighted by molar-refractivity contribution is 0.782. The molecule has 2 heteroatoms. The minimum atomic E-state index is 0.0506.